The van der Waals surface area contributed by atoms with Crippen LogP contribution in [0, 0.1) is 0 Å². The predicted molar refractivity (Wildman–Crippen MR) is 88.1 cm³/mol. The Labute approximate surface area is 138 Å². The fraction of sp³-hybridized carbons (Fsp3) is 0.765. The third-order valence-electron chi connectivity index (χ3n) is 4.16. The number of hydrogen-bond donors (Lipinski definition) is 0. The maximum atomic E-state index is 12.1. The van der Waals surface area contributed by atoms with Crippen LogP contribution in [0.5, 0.6) is 0 Å². The zero-order chi connectivity index (χ0) is 17.1. The van der Waals surface area contributed by atoms with Crippen LogP contribution in [0.1, 0.15) is 53.3 Å². The van der Waals surface area contributed by atoms with E-state index >= 15 is 0 Å². The summed E-state index contributed by atoms with van der Waals surface area (Å²) in [5.74, 6) is 0.947. The Hall–Kier alpha value is -1.56. The fourth-order valence-electron chi connectivity index (χ4n) is 2.64. The number of rotatable bonds is 4. The topological polar surface area (TPSA) is 56.6 Å². The van der Waals surface area contributed by atoms with E-state index in [1.807, 2.05) is 27.0 Å². The van der Waals surface area contributed by atoms with Crippen molar-refractivity contribution in [2.45, 2.75) is 71.8 Å². The number of amides is 1. The highest BCUT2D eigenvalue weighted by atomic mass is 16.6. The molecule has 0 N–H and O–H groups in total. The molecule has 0 atom stereocenters. The van der Waals surface area contributed by atoms with Gasteiger partial charge in [0.25, 0.3) is 0 Å². The molecule has 6 heteroatoms. The molecule has 1 aromatic rings. The van der Waals surface area contributed by atoms with Crippen molar-refractivity contribution in [3.63, 3.8) is 0 Å². The maximum absolute atomic E-state index is 12.1. The molecule has 0 aliphatic carbocycles. The number of nitrogens with zero attached hydrogens (tertiary/aromatic N) is 3. The highest BCUT2D eigenvalue weighted by Crippen LogP contribution is 2.27. The summed E-state index contributed by atoms with van der Waals surface area (Å²) in [5, 5.41) is 0. The molecule has 1 fully saturated rings. The fourth-order valence-corrected chi connectivity index (χ4v) is 2.64. The minimum absolute atomic E-state index is 0.219. The summed E-state index contributed by atoms with van der Waals surface area (Å²) < 4.78 is 13.6. The molecule has 130 valence electrons. The lowest BCUT2D eigenvalue weighted by atomic mass is 9.93. The molecule has 2 rings (SSSR count). The summed E-state index contributed by atoms with van der Waals surface area (Å²) in [6.07, 6.45) is 5.14. The van der Waals surface area contributed by atoms with Crippen LogP contribution in [0.15, 0.2) is 12.4 Å². The van der Waals surface area contributed by atoms with E-state index < -0.39 is 5.60 Å². The average molecular weight is 323 g/mol. The van der Waals surface area contributed by atoms with Crippen LogP contribution in [0.2, 0.25) is 0 Å². The van der Waals surface area contributed by atoms with Gasteiger partial charge in [-0.05, 0) is 47.5 Å². The standard InChI is InChI=1S/C17H29N3O3/c1-6-19-12-9-18-14(19)13-22-17(5)7-10-20(11-8-17)15(21)23-16(2,3)4/h9,12H,6-8,10-11,13H2,1-5H3. The zero-order valence-corrected chi connectivity index (χ0v) is 15.0. The lowest BCUT2D eigenvalue weighted by molar-refractivity contribution is -0.0837. The lowest BCUT2D eigenvalue weighted by Gasteiger charge is -2.39. The minimum Gasteiger partial charge on any atom is -0.444 e. The third kappa shape index (κ3) is 4.96. The Morgan fingerprint density at radius 1 is 1.35 bits per heavy atom. The van der Waals surface area contributed by atoms with Crippen LogP contribution in [-0.2, 0) is 22.6 Å². The molecule has 0 bridgehead atoms. The van der Waals surface area contributed by atoms with Crippen molar-refractivity contribution in [3.05, 3.63) is 18.2 Å². The van der Waals surface area contributed by atoms with Crippen LogP contribution in [0.25, 0.3) is 0 Å². The van der Waals surface area contributed by atoms with Crippen molar-refractivity contribution in [1.29, 1.82) is 0 Å². The summed E-state index contributed by atoms with van der Waals surface area (Å²) in [5.41, 5.74) is -0.672. The second-order valence-electron chi connectivity index (χ2n) is 7.34. The number of aromatic nitrogens is 2. The van der Waals surface area contributed by atoms with Gasteiger partial charge in [-0.25, -0.2) is 9.78 Å². The first-order chi connectivity index (χ1) is 10.7. The molecule has 1 aromatic heterocycles. The van der Waals surface area contributed by atoms with Crippen LogP contribution in [0.3, 0.4) is 0 Å². The summed E-state index contributed by atoms with van der Waals surface area (Å²) in [4.78, 5) is 18.2. The first-order valence-corrected chi connectivity index (χ1v) is 8.34. The molecule has 1 aliphatic heterocycles. The number of carbonyl (C=O) groups is 1. The molecular weight excluding hydrogens is 294 g/mol. The molecule has 0 radical (unpaired) electrons. The quantitative estimate of drug-likeness (QED) is 0.854. The van der Waals surface area contributed by atoms with E-state index in [-0.39, 0.29) is 11.7 Å². The van der Waals surface area contributed by atoms with Crippen LogP contribution in [0.4, 0.5) is 4.79 Å². The van der Waals surface area contributed by atoms with Crippen LogP contribution < -0.4 is 0 Å². The summed E-state index contributed by atoms with van der Waals surface area (Å²) in [6, 6.07) is 0. The molecule has 6 nitrogen and oxygen atoms in total. The lowest BCUT2D eigenvalue weighted by Crippen LogP contribution is -2.47. The number of likely N-dealkylation sites (tertiary alicyclic amines) is 1. The molecule has 23 heavy (non-hydrogen) atoms. The second-order valence-corrected chi connectivity index (χ2v) is 7.34. The normalized spacial score (nSPS) is 18.0. The summed E-state index contributed by atoms with van der Waals surface area (Å²) in [6.45, 7) is 12.6. The molecule has 0 unspecified atom stereocenters. The molecule has 1 aliphatic rings. The molecule has 1 saturated heterocycles. The van der Waals surface area contributed by atoms with Crippen LogP contribution >= 0.6 is 0 Å². The minimum atomic E-state index is -0.453. The SMILES string of the molecule is CCn1ccnc1COC1(C)CCN(C(=O)OC(C)(C)C)CC1. The predicted octanol–water partition coefficient (Wildman–Crippen LogP) is 3.21. The van der Waals surface area contributed by atoms with Crippen molar-refractivity contribution >= 4 is 6.09 Å². The molecule has 1 amide bonds. The van der Waals surface area contributed by atoms with Gasteiger partial charge >= 0.3 is 6.09 Å². The molecule has 0 spiro atoms. The van der Waals surface area contributed by atoms with Gasteiger partial charge in [-0.3, -0.25) is 0 Å². The maximum Gasteiger partial charge on any atom is 0.410 e. The van der Waals surface area contributed by atoms with Crippen molar-refractivity contribution in [3.8, 4) is 0 Å². The Balaban J connectivity index is 1.84. The van der Waals surface area contributed by atoms with Gasteiger partial charge in [-0.2, -0.15) is 0 Å². The number of imidazole rings is 1. The molecule has 2 heterocycles. The van der Waals surface area contributed by atoms with E-state index in [0.717, 1.165) is 25.2 Å². The molecule has 0 aromatic carbocycles. The van der Waals surface area contributed by atoms with E-state index in [0.29, 0.717) is 19.7 Å². The van der Waals surface area contributed by atoms with E-state index in [1.165, 1.54) is 0 Å². The largest absolute Gasteiger partial charge is 0.444 e. The highest BCUT2D eigenvalue weighted by molar-refractivity contribution is 5.68. The van der Waals surface area contributed by atoms with Gasteiger partial charge in [-0.15, -0.1) is 0 Å². The van der Waals surface area contributed by atoms with Gasteiger partial charge in [0.2, 0.25) is 0 Å². The van der Waals surface area contributed by atoms with E-state index in [2.05, 4.69) is 23.4 Å². The van der Waals surface area contributed by atoms with Gasteiger partial charge in [0.1, 0.15) is 18.0 Å². The van der Waals surface area contributed by atoms with Gasteiger partial charge in [0, 0.05) is 32.0 Å². The Kier molecular flexibility index (Phi) is 5.34. The number of hydrogen-bond acceptors (Lipinski definition) is 4. The van der Waals surface area contributed by atoms with Crippen molar-refractivity contribution in [2.24, 2.45) is 0 Å². The second kappa shape index (κ2) is 6.91. The van der Waals surface area contributed by atoms with Gasteiger partial charge < -0.3 is 18.9 Å². The zero-order valence-electron chi connectivity index (χ0n) is 15.0. The van der Waals surface area contributed by atoms with Gasteiger partial charge in [0.15, 0.2) is 0 Å². The smallest absolute Gasteiger partial charge is 0.410 e. The van der Waals surface area contributed by atoms with Gasteiger partial charge in [-0.1, -0.05) is 0 Å². The Bertz CT molecular complexity index is 525. The molecular formula is C17H29N3O3. The highest BCUT2D eigenvalue weighted by Gasteiger charge is 2.34. The van der Waals surface area contributed by atoms with E-state index in [4.69, 9.17) is 9.47 Å². The Morgan fingerprint density at radius 3 is 2.57 bits per heavy atom. The first kappa shape index (κ1) is 17.8. The third-order valence-corrected chi connectivity index (χ3v) is 4.16. The first-order valence-electron chi connectivity index (χ1n) is 8.34. The van der Waals surface area contributed by atoms with Crippen molar-refractivity contribution < 1.29 is 14.3 Å². The summed E-state index contributed by atoms with van der Waals surface area (Å²) >= 11 is 0. The average Bonchev–Trinajstić information content (AvgIpc) is 2.91. The van der Waals surface area contributed by atoms with E-state index in [9.17, 15) is 4.79 Å². The number of aryl methyl sites for hydroxylation is 1. The van der Waals surface area contributed by atoms with Crippen molar-refractivity contribution in [1.82, 2.24) is 14.5 Å². The Morgan fingerprint density at radius 2 is 2.00 bits per heavy atom. The van der Waals surface area contributed by atoms with Gasteiger partial charge in [0.05, 0.1) is 5.60 Å². The van der Waals surface area contributed by atoms with Crippen molar-refractivity contribution in [2.75, 3.05) is 13.1 Å². The molecule has 0 saturated carbocycles. The van der Waals surface area contributed by atoms with E-state index in [1.54, 1.807) is 11.1 Å². The summed E-state index contributed by atoms with van der Waals surface area (Å²) in [7, 11) is 0. The number of ether oxygens (including phenoxy) is 2. The number of piperidine rings is 1. The number of carbonyl (C=O) groups excluding carboxylic acids is 1. The monoisotopic (exact) mass is 323 g/mol. The van der Waals surface area contributed by atoms with Crippen LogP contribution in [-0.4, -0.2) is 44.8 Å².